The highest BCUT2D eigenvalue weighted by Gasteiger charge is 2.18. The van der Waals surface area contributed by atoms with Gasteiger partial charge in [-0.1, -0.05) is 6.07 Å². The number of carbonyl (C=O) groups is 1. The molecular weight excluding hydrogens is 354 g/mol. The van der Waals surface area contributed by atoms with Gasteiger partial charge < -0.3 is 10.3 Å². The first-order chi connectivity index (χ1) is 12.6. The zero-order valence-electron chi connectivity index (χ0n) is 13.6. The summed E-state index contributed by atoms with van der Waals surface area (Å²) >= 11 is 1.47. The van der Waals surface area contributed by atoms with Gasteiger partial charge in [-0.3, -0.25) is 9.59 Å². The Balaban J connectivity index is 1.97. The molecule has 0 unspecified atom stereocenters. The molecule has 26 heavy (non-hydrogen) atoms. The van der Waals surface area contributed by atoms with E-state index in [1.807, 2.05) is 12.3 Å². The number of nitrogens with one attached hydrogen (secondary N) is 2. The summed E-state index contributed by atoms with van der Waals surface area (Å²) in [4.78, 5) is 35.2. The van der Waals surface area contributed by atoms with Crippen molar-refractivity contribution in [1.29, 1.82) is 5.26 Å². The molecule has 9 nitrogen and oxygen atoms in total. The number of H-pyrrole nitrogens is 1. The SMILES string of the molecule is CSCc1nc(C(=O)Nc2c(C#N)cnn2-c2ccccn2)cc(=O)[nH]1. The predicted octanol–water partition coefficient (Wildman–Crippen LogP) is 1.34. The molecule has 3 heterocycles. The van der Waals surface area contributed by atoms with E-state index in [2.05, 4.69) is 25.4 Å². The number of hydrogen-bond donors (Lipinski definition) is 2. The highest BCUT2D eigenvalue weighted by molar-refractivity contribution is 7.97. The highest BCUT2D eigenvalue weighted by atomic mass is 32.2. The van der Waals surface area contributed by atoms with E-state index in [4.69, 9.17) is 0 Å². The molecule has 0 aliphatic heterocycles. The molecule has 3 rings (SSSR count). The summed E-state index contributed by atoms with van der Waals surface area (Å²) in [7, 11) is 0. The fourth-order valence-corrected chi connectivity index (χ4v) is 2.61. The summed E-state index contributed by atoms with van der Waals surface area (Å²) in [5.41, 5.74) is -0.304. The van der Waals surface area contributed by atoms with Crippen LogP contribution in [0.15, 0.2) is 41.5 Å². The minimum absolute atomic E-state index is 0.0459. The molecule has 0 aliphatic rings. The lowest BCUT2D eigenvalue weighted by molar-refractivity contribution is 0.102. The maximum Gasteiger partial charge on any atom is 0.275 e. The second kappa shape index (κ2) is 7.62. The summed E-state index contributed by atoms with van der Waals surface area (Å²) in [6.45, 7) is 0. The summed E-state index contributed by atoms with van der Waals surface area (Å²) < 4.78 is 1.34. The average Bonchev–Trinajstić information content (AvgIpc) is 3.05. The third-order valence-electron chi connectivity index (χ3n) is 3.29. The first-order valence-electron chi connectivity index (χ1n) is 7.42. The van der Waals surface area contributed by atoms with Gasteiger partial charge in [0, 0.05) is 12.3 Å². The van der Waals surface area contributed by atoms with Gasteiger partial charge in [-0.2, -0.15) is 26.8 Å². The van der Waals surface area contributed by atoms with Gasteiger partial charge in [-0.25, -0.2) is 9.97 Å². The first-order valence-corrected chi connectivity index (χ1v) is 8.82. The third kappa shape index (κ3) is 3.62. The molecule has 0 atom stereocenters. The van der Waals surface area contributed by atoms with Crippen LogP contribution in [-0.2, 0) is 5.75 Å². The normalized spacial score (nSPS) is 10.3. The van der Waals surface area contributed by atoms with Crippen molar-refractivity contribution in [1.82, 2.24) is 24.7 Å². The van der Waals surface area contributed by atoms with Crippen molar-refractivity contribution in [2.75, 3.05) is 11.6 Å². The number of nitrogens with zero attached hydrogens (tertiary/aromatic N) is 5. The number of carbonyl (C=O) groups excluding carboxylic acids is 1. The van der Waals surface area contributed by atoms with Crippen LogP contribution >= 0.6 is 11.8 Å². The predicted molar refractivity (Wildman–Crippen MR) is 96.1 cm³/mol. The number of anilines is 1. The molecule has 0 radical (unpaired) electrons. The lowest BCUT2D eigenvalue weighted by Gasteiger charge is -2.09. The highest BCUT2D eigenvalue weighted by Crippen LogP contribution is 2.19. The molecule has 0 aromatic carbocycles. The zero-order chi connectivity index (χ0) is 18.5. The number of pyridine rings is 1. The van der Waals surface area contributed by atoms with Gasteiger partial charge in [0.2, 0.25) is 0 Å². The zero-order valence-corrected chi connectivity index (χ0v) is 14.4. The molecule has 0 saturated carbocycles. The van der Waals surface area contributed by atoms with Gasteiger partial charge >= 0.3 is 0 Å². The van der Waals surface area contributed by atoms with Gasteiger partial charge in [0.05, 0.1) is 11.9 Å². The molecule has 130 valence electrons. The minimum atomic E-state index is -0.618. The first kappa shape index (κ1) is 17.4. The second-order valence-electron chi connectivity index (χ2n) is 5.08. The van der Waals surface area contributed by atoms with Crippen LogP contribution in [-0.4, -0.2) is 36.9 Å². The summed E-state index contributed by atoms with van der Waals surface area (Å²) in [5, 5.41) is 16.0. The monoisotopic (exact) mass is 367 g/mol. The fraction of sp³-hybridized carbons (Fsp3) is 0.125. The van der Waals surface area contributed by atoms with Crippen molar-refractivity contribution in [3.05, 3.63) is 64.1 Å². The quantitative estimate of drug-likeness (QED) is 0.696. The van der Waals surface area contributed by atoms with Crippen molar-refractivity contribution in [2.45, 2.75) is 5.75 Å². The van der Waals surface area contributed by atoms with Gasteiger partial charge in [0.1, 0.15) is 23.2 Å². The molecule has 10 heteroatoms. The number of rotatable bonds is 5. The van der Waals surface area contributed by atoms with Crippen molar-refractivity contribution in [3.8, 4) is 11.9 Å². The van der Waals surface area contributed by atoms with E-state index in [0.29, 0.717) is 17.4 Å². The molecule has 0 bridgehead atoms. The smallest absolute Gasteiger partial charge is 0.275 e. The van der Waals surface area contributed by atoms with E-state index >= 15 is 0 Å². The van der Waals surface area contributed by atoms with E-state index in [-0.39, 0.29) is 17.1 Å². The van der Waals surface area contributed by atoms with Crippen LogP contribution in [0.5, 0.6) is 0 Å². The lowest BCUT2D eigenvalue weighted by Crippen LogP contribution is -2.22. The second-order valence-corrected chi connectivity index (χ2v) is 5.95. The van der Waals surface area contributed by atoms with Crippen LogP contribution in [0.4, 0.5) is 5.82 Å². The van der Waals surface area contributed by atoms with Crippen molar-refractivity contribution >= 4 is 23.5 Å². The topological polar surface area (TPSA) is 129 Å². The van der Waals surface area contributed by atoms with Gasteiger partial charge in [0.25, 0.3) is 11.5 Å². The van der Waals surface area contributed by atoms with Gasteiger partial charge in [0.15, 0.2) is 11.6 Å². The number of amides is 1. The maximum absolute atomic E-state index is 12.6. The molecule has 3 aromatic heterocycles. The van der Waals surface area contributed by atoms with Crippen LogP contribution in [0.2, 0.25) is 0 Å². The Hall–Kier alpha value is -3.45. The van der Waals surface area contributed by atoms with Gasteiger partial charge in [-0.05, 0) is 18.4 Å². The van der Waals surface area contributed by atoms with Gasteiger partial charge in [-0.15, -0.1) is 0 Å². The maximum atomic E-state index is 12.6. The third-order valence-corrected chi connectivity index (χ3v) is 3.85. The Morgan fingerprint density at radius 2 is 2.31 bits per heavy atom. The number of aromatic nitrogens is 5. The Morgan fingerprint density at radius 3 is 3.00 bits per heavy atom. The van der Waals surface area contributed by atoms with E-state index in [9.17, 15) is 14.9 Å². The van der Waals surface area contributed by atoms with Crippen molar-refractivity contribution in [2.24, 2.45) is 0 Å². The Bertz CT molecular complexity index is 1040. The van der Waals surface area contributed by atoms with Crippen LogP contribution in [0, 0.1) is 11.3 Å². The molecule has 1 amide bonds. The molecule has 2 N–H and O–H groups in total. The standard InChI is InChI=1S/C16H13N7O2S/c1-26-9-12-20-11(6-14(24)21-12)16(25)22-15-10(7-17)8-19-23(15)13-4-2-3-5-18-13/h2-6,8H,9H2,1H3,(H,22,25)(H,20,21,24). The average molecular weight is 367 g/mol. The van der Waals surface area contributed by atoms with Crippen molar-refractivity contribution < 1.29 is 4.79 Å². The van der Waals surface area contributed by atoms with Crippen LogP contribution in [0.25, 0.3) is 5.82 Å². The molecule has 0 spiro atoms. The van der Waals surface area contributed by atoms with Crippen LogP contribution in [0.1, 0.15) is 21.9 Å². The fourth-order valence-electron chi connectivity index (χ4n) is 2.20. The summed E-state index contributed by atoms with van der Waals surface area (Å²) in [6, 6.07) is 8.26. The molecule has 0 fully saturated rings. The molecule has 0 saturated heterocycles. The van der Waals surface area contributed by atoms with E-state index in [0.717, 1.165) is 6.07 Å². The number of thioether (sulfide) groups is 1. The Labute approximate surface area is 152 Å². The summed E-state index contributed by atoms with van der Waals surface area (Å²) in [6.07, 6.45) is 4.76. The Kier molecular flexibility index (Phi) is 5.09. The summed E-state index contributed by atoms with van der Waals surface area (Å²) in [5.74, 6) is 0.837. The van der Waals surface area contributed by atoms with E-state index in [1.165, 1.54) is 22.6 Å². The van der Waals surface area contributed by atoms with E-state index < -0.39 is 11.5 Å². The number of hydrogen-bond acceptors (Lipinski definition) is 7. The molecule has 0 aliphatic carbocycles. The number of aromatic amines is 1. The van der Waals surface area contributed by atoms with Crippen LogP contribution in [0.3, 0.4) is 0 Å². The van der Waals surface area contributed by atoms with E-state index in [1.54, 1.807) is 24.4 Å². The van der Waals surface area contributed by atoms with Crippen LogP contribution < -0.4 is 10.9 Å². The largest absolute Gasteiger partial charge is 0.310 e. The Morgan fingerprint density at radius 1 is 1.46 bits per heavy atom. The number of nitriles is 1. The van der Waals surface area contributed by atoms with Crippen molar-refractivity contribution in [3.63, 3.8) is 0 Å². The minimum Gasteiger partial charge on any atom is -0.310 e. The molecule has 3 aromatic rings. The molecular formula is C16H13N7O2S. The lowest BCUT2D eigenvalue weighted by atomic mass is 10.3.